The Labute approximate surface area is 124 Å². The Morgan fingerprint density at radius 3 is 2.90 bits per heavy atom. The normalized spacial score (nSPS) is 10.5. The lowest BCUT2D eigenvalue weighted by Gasteiger charge is -2.05. The lowest BCUT2D eigenvalue weighted by molar-refractivity contribution is 0.0697. The predicted octanol–water partition coefficient (Wildman–Crippen LogP) is 1.55. The highest BCUT2D eigenvalue weighted by Crippen LogP contribution is 2.24. The number of anilines is 1. The number of nitrogen functional groups attached to an aromatic ring is 1. The molecule has 0 aliphatic carbocycles. The molecule has 21 heavy (non-hydrogen) atoms. The van der Waals surface area contributed by atoms with E-state index in [1.165, 1.54) is 18.3 Å². The molecule has 7 nitrogen and oxygen atoms in total. The summed E-state index contributed by atoms with van der Waals surface area (Å²) in [6, 6.07) is 2.81. The molecule has 2 aromatic rings. The van der Waals surface area contributed by atoms with Crippen molar-refractivity contribution in [3.8, 4) is 0 Å². The number of nitrogens with two attached hydrogens (primary N) is 1. The van der Waals surface area contributed by atoms with Gasteiger partial charge in [0, 0.05) is 11.8 Å². The zero-order valence-corrected chi connectivity index (χ0v) is 12.1. The molecule has 2 rings (SSSR count). The first kappa shape index (κ1) is 15.0. The van der Waals surface area contributed by atoms with Crippen LogP contribution in [0.2, 0.25) is 0 Å². The molecule has 4 N–H and O–H groups in total. The fraction of sp³-hybridized carbons (Fsp3) is 0.231. The van der Waals surface area contributed by atoms with Crippen LogP contribution in [-0.2, 0) is 6.42 Å². The third kappa shape index (κ3) is 3.82. The van der Waals surface area contributed by atoms with E-state index in [2.05, 4.69) is 15.0 Å². The third-order valence-corrected chi connectivity index (χ3v) is 3.44. The molecule has 110 valence electrons. The van der Waals surface area contributed by atoms with Gasteiger partial charge in [-0.3, -0.25) is 4.79 Å². The molecular formula is C13H14N4O3S. The van der Waals surface area contributed by atoms with Crippen LogP contribution in [0, 0.1) is 0 Å². The smallest absolute Gasteiger partial charge is 0.337 e. The van der Waals surface area contributed by atoms with Gasteiger partial charge >= 0.3 is 5.97 Å². The van der Waals surface area contributed by atoms with Gasteiger partial charge in [0.2, 0.25) is 0 Å². The van der Waals surface area contributed by atoms with Crippen LogP contribution in [0.3, 0.4) is 0 Å². The Balaban J connectivity index is 2.32. The summed E-state index contributed by atoms with van der Waals surface area (Å²) in [7, 11) is 0. The minimum Gasteiger partial charge on any atom is -0.478 e. The number of carboxylic acids is 1. The quantitative estimate of drug-likeness (QED) is 0.716. The van der Waals surface area contributed by atoms with Crippen molar-refractivity contribution in [1.82, 2.24) is 15.0 Å². The number of aromatic carboxylic acids is 1. The fourth-order valence-electron chi connectivity index (χ4n) is 1.70. The van der Waals surface area contributed by atoms with Crippen LogP contribution in [0.25, 0.3) is 0 Å². The Kier molecular flexibility index (Phi) is 4.59. The number of rotatable bonds is 5. The van der Waals surface area contributed by atoms with E-state index in [4.69, 9.17) is 10.8 Å². The number of H-pyrrole nitrogens is 1. The topological polar surface area (TPSA) is 122 Å². The number of hydrogen-bond acceptors (Lipinski definition) is 6. The van der Waals surface area contributed by atoms with E-state index in [0.29, 0.717) is 22.3 Å². The van der Waals surface area contributed by atoms with Gasteiger partial charge in [0.1, 0.15) is 5.03 Å². The van der Waals surface area contributed by atoms with Gasteiger partial charge in [-0.2, -0.15) is 0 Å². The second-order valence-corrected chi connectivity index (χ2v) is 5.32. The van der Waals surface area contributed by atoms with Crippen molar-refractivity contribution in [3.05, 3.63) is 39.9 Å². The van der Waals surface area contributed by atoms with Crippen LogP contribution < -0.4 is 11.3 Å². The fourth-order valence-corrected chi connectivity index (χ4v) is 2.50. The molecule has 0 saturated heterocycles. The number of carboxylic acid groups (broad SMARTS) is 1. The van der Waals surface area contributed by atoms with Crippen molar-refractivity contribution in [1.29, 1.82) is 0 Å². The highest BCUT2D eigenvalue weighted by Gasteiger charge is 2.11. The maximum atomic E-state index is 11.6. The van der Waals surface area contributed by atoms with Gasteiger partial charge in [0.25, 0.3) is 5.56 Å². The number of aromatic amines is 1. The molecule has 2 heterocycles. The average molecular weight is 306 g/mol. The predicted molar refractivity (Wildman–Crippen MR) is 78.6 cm³/mol. The van der Waals surface area contributed by atoms with Crippen LogP contribution in [-0.4, -0.2) is 26.0 Å². The minimum atomic E-state index is -1.13. The van der Waals surface area contributed by atoms with Gasteiger partial charge in [0.15, 0.2) is 5.16 Å². The molecule has 8 heteroatoms. The van der Waals surface area contributed by atoms with Gasteiger partial charge in [-0.15, -0.1) is 0 Å². The lowest BCUT2D eigenvalue weighted by Crippen LogP contribution is -2.10. The second kappa shape index (κ2) is 6.40. The van der Waals surface area contributed by atoms with Crippen molar-refractivity contribution < 1.29 is 9.90 Å². The van der Waals surface area contributed by atoms with Gasteiger partial charge in [-0.25, -0.2) is 14.8 Å². The van der Waals surface area contributed by atoms with E-state index in [0.717, 1.165) is 18.2 Å². The maximum Gasteiger partial charge on any atom is 0.337 e. The SMILES string of the molecule is CCCc1cc(=O)[nH]c(Sc2cc(C(=O)O)c(N)cn2)n1. The van der Waals surface area contributed by atoms with Crippen LogP contribution >= 0.6 is 11.8 Å². The number of carbonyl (C=O) groups is 1. The van der Waals surface area contributed by atoms with Crippen LogP contribution in [0.4, 0.5) is 5.69 Å². The zero-order chi connectivity index (χ0) is 15.4. The van der Waals surface area contributed by atoms with E-state index in [-0.39, 0.29) is 16.8 Å². The standard InChI is InChI=1S/C13H14N4O3S/c1-2-3-7-4-10(18)17-13(16-7)21-11-5-8(12(19)20)9(14)6-15-11/h4-6H,2-3,14H2,1H3,(H,19,20)(H,16,17,18). The third-order valence-electron chi connectivity index (χ3n) is 2.62. The molecule has 0 aliphatic heterocycles. The van der Waals surface area contributed by atoms with Gasteiger partial charge in [0.05, 0.1) is 17.4 Å². The monoisotopic (exact) mass is 306 g/mol. The van der Waals surface area contributed by atoms with Crippen LogP contribution in [0.1, 0.15) is 29.4 Å². The van der Waals surface area contributed by atoms with E-state index in [9.17, 15) is 9.59 Å². The highest BCUT2D eigenvalue weighted by molar-refractivity contribution is 7.99. The number of aryl methyl sites for hydroxylation is 1. The summed E-state index contributed by atoms with van der Waals surface area (Å²) in [5, 5.41) is 9.80. The Morgan fingerprint density at radius 1 is 1.48 bits per heavy atom. The molecule has 0 fully saturated rings. The average Bonchev–Trinajstić information content (AvgIpc) is 2.40. The molecule has 0 radical (unpaired) electrons. The summed E-state index contributed by atoms with van der Waals surface area (Å²) in [4.78, 5) is 33.5. The molecule has 0 aliphatic rings. The summed E-state index contributed by atoms with van der Waals surface area (Å²) in [5.74, 6) is -1.13. The Bertz CT molecular complexity index is 730. The minimum absolute atomic E-state index is 0.0282. The van der Waals surface area contributed by atoms with E-state index >= 15 is 0 Å². The molecule has 0 spiro atoms. The summed E-state index contributed by atoms with van der Waals surface area (Å²) >= 11 is 1.09. The number of aromatic nitrogens is 3. The molecule has 0 aromatic carbocycles. The molecular weight excluding hydrogens is 292 g/mol. The van der Waals surface area contributed by atoms with E-state index in [1.54, 1.807) is 0 Å². The number of nitrogens with one attached hydrogen (secondary N) is 1. The van der Waals surface area contributed by atoms with Crippen molar-refractivity contribution in [2.24, 2.45) is 0 Å². The Hall–Kier alpha value is -2.35. The summed E-state index contributed by atoms with van der Waals surface area (Å²) < 4.78 is 0. The van der Waals surface area contributed by atoms with Gasteiger partial charge in [-0.1, -0.05) is 13.3 Å². The largest absolute Gasteiger partial charge is 0.478 e. The summed E-state index contributed by atoms with van der Waals surface area (Å²) in [6.45, 7) is 2.00. The zero-order valence-electron chi connectivity index (χ0n) is 11.3. The number of pyridine rings is 1. The summed E-state index contributed by atoms with van der Waals surface area (Å²) in [6.07, 6.45) is 2.86. The van der Waals surface area contributed by atoms with Crippen LogP contribution in [0.5, 0.6) is 0 Å². The van der Waals surface area contributed by atoms with Crippen LogP contribution in [0.15, 0.2) is 33.3 Å². The van der Waals surface area contributed by atoms with Crippen molar-refractivity contribution in [2.75, 3.05) is 5.73 Å². The molecule has 0 saturated carbocycles. The molecule has 0 amide bonds. The lowest BCUT2D eigenvalue weighted by atomic mass is 10.2. The first-order chi connectivity index (χ1) is 9.99. The molecule has 2 aromatic heterocycles. The van der Waals surface area contributed by atoms with Crippen molar-refractivity contribution in [3.63, 3.8) is 0 Å². The second-order valence-electron chi connectivity index (χ2n) is 4.31. The maximum absolute atomic E-state index is 11.6. The van der Waals surface area contributed by atoms with E-state index < -0.39 is 5.97 Å². The summed E-state index contributed by atoms with van der Waals surface area (Å²) in [5.41, 5.74) is 6.05. The van der Waals surface area contributed by atoms with Gasteiger partial charge < -0.3 is 15.8 Å². The number of hydrogen-bond donors (Lipinski definition) is 3. The van der Waals surface area contributed by atoms with Crippen molar-refractivity contribution >= 4 is 23.4 Å². The number of nitrogens with zero attached hydrogens (tertiary/aromatic N) is 2. The first-order valence-electron chi connectivity index (χ1n) is 6.26. The van der Waals surface area contributed by atoms with Crippen molar-refractivity contribution in [2.45, 2.75) is 29.9 Å². The Morgan fingerprint density at radius 2 is 2.24 bits per heavy atom. The molecule has 0 bridgehead atoms. The molecule has 0 atom stereocenters. The van der Waals surface area contributed by atoms with Gasteiger partial charge in [-0.05, 0) is 24.2 Å². The van der Waals surface area contributed by atoms with E-state index in [1.807, 2.05) is 6.92 Å². The first-order valence-corrected chi connectivity index (χ1v) is 7.08. The highest BCUT2D eigenvalue weighted by atomic mass is 32.2. The molecule has 0 unspecified atom stereocenters.